The summed E-state index contributed by atoms with van der Waals surface area (Å²) in [5.74, 6) is 0.460. The zero-order valence-corrected chi connectivity index (χ0v) is 13.6. The van der Waals surface area contributed by atoms with Gasteiger partial charge in [0, 0.05) is 11.8 Å². The molecule has 0 unspecified atom stereocenters. The number of hydrogen-bond acceptors (Lipinski definition) is 5. The average molecular weight is 327 g/mol. The maximum absolute atomic E-state index is 12.4. The first-order valence-corrected chi connectivity index (χ1v) is 7.94. The topological polar surface area (TPSA) is 77.7 Å². The number of morpholine rings is 1. The minimum atomic E-state index is -0.331. The van der Waals surface area contributed by atoms with Crippen LogP contribution in [0.15, 0.2) is 48.7 Å². The number of rotatable bonds is 3. The highest BCUT2D eigenvalue weighted by molar-refractivity contribution is 5.68. The second kappa shape index (κ2) is 7.31. The predicted molar refractivity (Wildman–Crippen MR) is 90.1 cm³/mol. The zero-order chi connectivity index (χ0) is 16.9. The smallest absolute Gasteiger partial charge is 0.410 e. The van der Waals surface area contributed by atoms with Crippen LogP contribution in [0.1, 0.15) is 24.2 Å². The van der Waals surface area contributed by atoms with Crippen LogP contribution >= 0.6 is 0 Å². The first kappa shape index (κ1) is 16.3. The Morgan fingerprint density at radius 3 is 2.83 bits per heavy atom. The van der Waals surface area contributed by atoms with Crippen LogP contribution in [-0.2, 0) is 16.1 Å². The van der Waals surface area contributed by atoms with Crippen LogP contribution in [0.25, 0.3) is 0 Å². The molecule has 2 N–H and O–H groups in total. The number of pyridine rings is 1. The van der Waals surface area contributed by atoms with Crippen LogP contribution in [0.5, 0.6) is 0 Å². The van der Waals surface area contributed by atoms with Gasteiger partial charge in [-0.3, -0.25) is 0 Å². The van der Waals surface area contributed by atoms with E-state index in [4.69, 9.17) is 15.2 Å². The molecule has 126 valence electrons. The molecule has 0 saturated carbocycles. The van der Waals surface area contributed by atoms with E-state index in [9.17, 15) is 4.79 Å². The molecule has 1 saturated heterocycles. The van der Waals surface area contributed by atoms with Crippen molar-refractivity contribution in [2.75, 3.05) is 18.9 Å². The van der Waals surface area contributed by atoms with E-state index in [-0.39, 0.29) is 24.8 Å². The molecule has 2 aromatic rings. The molecule has 1 fully saturated rings. The highest BCUT2D eigenvalue weighted by atomic mass is 16.6. The number of nitrogens with two attached hydrogens (primary N) is 1. The van der Waals surface area contributed by atoms with Crippen LogP contribution < -0.4 is 5.73 Å². The Balaban J connectivity index is 1.62. The fourth-order valence-electron chi connectivity index (χ4n) is 2.62. The molecule has 1 aromatic carbocycles. The van der Waals surface area contributed by atoms with Crippen LogP contribution in [0, 0.1) is 0 Å². The molecule has 6 nitrogen and oxygen atoms in total. The second-order valence-corrected chi connectivity index (χ2v) is 5.88. The Hall–Kier alpha value is -2.60. The van der Waals surface area contributed by atoms with Gasteiger partial charge in [0.1, 0.15) is 18.5 Å². The Bertz CT molecular complexity index is 676. The van der Waals surface area contributed by atoms with E-state index in [2.05, 4.69) is 4.98 Å². The van der Waals surface area contributed by atoms with Gasteiger partial charge >= 0.3 is 6.09 Å². The molecule has 24 heavy (non-hydrogen) atoms. The van der Waals surface area contributed by atoms with Crippen molar-refractivity contribution in [1.29, 1.82) is 0 Å². The van der Waals surface area contributed by atoms with E-state index < -0.39 is 0 Å². The predicted octanol–water partition coefficient (Wildman–Crippen LogP) is 2.76. The molecule has 6 heteroatoms. The molecule has 1 aliphatic heterocycles. The maximum atomic E-state index is 12.4. The number of carbonyl (C=O) groups is 1. The zero-order valence-electron chi connectivity index (χ0n) is 13.6. The summed E-state index contributed by atoms with van der Waals surface area (Å²) >= 11 is 0. The summed E-state index contributed by atoms with van der Waals surface area (Å²) in [5, 5.41) is 0. The van der Waals surface area contributed by atoms with Gasteiger partial charge in [-0.05, 0) is 18.6 Å². The maximum Gasteiger partial charge on any atom is 0.410 e. The Kier molecular flexibility index (Phi) is 4.96. The number of amides is 1. The number of carbonyl (C=O) groups excluding carboxylic acids is 1. The van der Waals surface area contributed by atoms with Crippen LogP contribution in [0.3, 0.4) is 0 Å². The Labute approximate surface area is 141 Å². The molecule has 3 rings (SSSR count). The van der Waals surface area contributed by atoms with Crippen molar-refractivity contribution in [3.63, 3.8) is 0 Å². The minimum Gasteiger partial charge on any atom is -0.445 e. The molecule has 0 bridgehead atoms. The van der Waals surface area contributed by atoms with E-state index in [1.165, 1.54) is 0 Å². The third-order valence-corrected chi connectivity index (χ3v) is 4.05. The number of benzene rings is 1. The van der Waals surface area contributed by atoms with Crippen molar-refractivity contribution in [1.82, 2.24) is 9.88 Å². The van der Waals surface area contributed by atoms with E-state index >= 15 is 0 Å². The lowest BCUT2D eigenvalue weighted by Gasteiger charge is -2.37. The SMILES string of the molecule is C[C@@H]1CO[C@H](c2ccc(N)nc2)CN1C(=O)OCc1ccccc1. The molecule has 2 atom stereocenters. The van der Waals surface area contributed by atoms with Gasteiger partial charge in [0.25, 0.3) is 0 Å². The Morgan fingerprint density at radius 2 is 2.12 bits per heavy atom. The normalized spacial score (nSPS) is 20.6. The highest BCUT2D eigenvalue weighted by Crippen LogP contribution is 2.25. The van der Waals surface area contributed by atoms with Gasteiger partial charge in [0.05, 0.1) is 19.2 Å². The van der Waals surface area contributed by atoms with Crippen molar-refractivity contribution in [3.8, 4) is 0 Å². The molecule has 0 aliphatic carbocycles. The fraction of sp³-hybridized carbons (Fsp3) is 0.333. The number of nitrogens with zero attached hydrogens (tertiary/aromatic N) is 2. The van der Waals surface area contributed by atoms with Gasteiger partial charge in [-0.15, -0.1) is 0 Å². The molecule has 2 heterocycles. The van der Waals surface area contributed by atoms with E-state index in [1.807, 2.05) is 43.3 Å². The summed E-state index contributed by atoms with van der Waals surface area (Å²) in [6.45, 7) is 3.09. The standard InChI is InChI=1S/C18H21N3O3/c1-13-11-23-16(15-7-8-17(19)20-9-15)10-21(13)18(22)24-12-14-5-3-2-4-6-14/h2-9,13,16H,10-12H2,1H3,(H2,19,20)/t13-,16+/m1/s1. The Morgan fingerprint density at radius 1 is 1.33 bits per heavy atom. The van der Waals surface area contributed by atoms with Crippen molar-refractivity contribution in [2.45, 2.75) is 25.7 Å². The van der Waals surface area contributed by atoms with Gasteiger partial charge in [0.2, 0.25) is 0 Å². The third-order valence-electron chi connectivity index (χ3n) is 4.05. The van der Waals surface area contributed by atoms with Crippen molar-refractivity contribution in [3.05, 3.63) is 59.8 Å². The first-order chi connectivity index (χ1) is 11.6. The van der Waals surface area contributed by atoms with Gasteiger partial charge in [0.15, 0.2) is 0 Å². The second-order valence-electron chi connectivity index (χ2n) is 5.88. The molecular weight excluding hydrogens is 306 g/mol. The minimum absolute atomic E-state index is 0.0359. The lowest BCUT2D eigenvalue weighted by molar-refractivity contribution is -0.0562. The van der Waals surface area contributed by atoms with Gasteiger partial charge in [-0.25, -0.2) is 9.78 Å². The largest absolute Gasteiger partial charge is 0.445 e. The monoisotopic (exact) mass is 327 g/mol. The summed E-state index contributed by atoms with van der Waals surface area (Å²) in [7, 11) is 0. The van der Waals surface area contributed by atoms with E-state index in [1.54, 1.807) is 17.2 Å². The summed E-state index contributed by atoms with van der Waals surface area (Å²) in [6, 6.07) is 13.2. The molecule has 1 aromatic heterocycles. The van der Waals surface area contributed by atoms with Crippen LogP contribution in [0.2, 0.25) is 0 Å². The van der Waals surface area contributed by atoms with Crippen molar-refractivity contribution >= 4 is 11.9 Å². The number of anilines is 1. The third kappa shape index (κ3) is 3.83. The number of ether oxygens (including phenoxy) is 2. The summed E-state index contributed by atoms with van der Waals surface area (Å²) < 4.78 is 11.3. The molecule has 1 aliphatic rings. The van der Waals surface area contributed by atoms with Crippen LogP contribution in [-0.4, -0.2) is 35.2 Å². The molecule has 1 amide bonds. The lowest BCUT2D eigenvalue weighted by Crippen LogP contribution is -2.48. The van der Waals surface area contributed by atoms with Crippen LogP contribution in [0.4, 0.5) is 10.6 Å². The summed E-state index contributed by atoms with van der Waals surface area (Å²) in [5.41, 5.74) is 7.48. The van der Waals surface area contributed by atoms with E-state index in [0.29, 0.717) is 19.0 Å². The van der Waals surface area contributed by atoms with E-state index in [0.717, 1.165) is 11.1 Å². The van der Waals surface area contributed by atoms with Crippen molar-refractivity contribution in [2.24, 2.45) is 0 Å². The fourth-order valence-corrected chi connectivity index (χ4v) is 2.62. The van der Waals surface area contributed by atoms with Gasteiger partial charge < -0.3 is 20.1 Å². The number of aromatic nitrogens is 1. The summed E-state index contributed by atoms with van der Waals surface area (Å²) in [4.78, 5) is 18.2. The summed E-state index contributed by atoms with van der Waals surface area (Å²) in [6.07, 6.45) is 1.13. The average Bonchev–Trinajstić information content (AvgIpc) is 2.62. The molecule has 0 spiro atoms. The first-order valence-electron chi connectivity index (χ1n) is 7.94. The quantitative estimate of drug-likeness (QED) is 0.938. The number of hydrogen-bond donors (Lipinski definition) is 1. The lowest BCUT2D eigenvalue weighted by atomic mass is 10.1. The van der Waals surface area contributed by atoms with Gasteiger partial charge in [-0.1, -0.05) is 36.4 Å². The highest BCUT2D eigenvalue weighted by Gasteiger charge is 2.31. The molecular formula is C18H21N3O3. The number of nitrogen functional groups attached to an aromatic ring is 1. The van der Waals surface area contributed by atoms with Crippen molar-refractivity contribution < 1.29 is 14.3 Å². The molecule has 0 radical (unpaired) electrons. The van der Waals surface area contributed by atoms with Gasteiger partial charge in [-0.2, -0.15) is 0 Å².